The number of ketones is 1. The second kappa shape index (κ2) is 4.25. The lowest BCUT2D eigenvalue weighted by Crippen LogP contribution is -2.02. The molecule has 0 aliphatic carbocycles. The second-order valence-electron chi connectivity index (χ2n) is 3.58. The predicted molar refractivity (Wildman–Crippen MR) is 60.8 cm³/mol. The fourth-order valence-electron chi connectivity index (χ4n) is 1.47. The van der Waals surface area contributed by atoms with E-state index in [4.69, 9.17) is 5.11 Å². The molecule has 0 aliphatic heterocycles. The largest absolute Gasteiger partial charge is 0.507 e. The maximum Gasteiger partial charge on any atom is 0.200 e. The molecule has 0 atom stereocenters. The molecule has 0 saturated heterocycles. The molecule has 4 N–H and O–H groups in total. The van der Waals surface area contributed by atoms with E-state index in [9.17, 15) is 20.1 Å². The molecule has 6 heteroatoms. The molecule has 0 amide bonds. The number of aromatic nitrogens is 1. The van der Waals surface area contributed by atoms with E-state index in [-0.39, 0.29) is 16.9 Å². The predicted octanol–water partition coefficient (Wildman–Crippen LogP) is 1.14. The van der Waals surface area contributed by atoms with Crippen molar-refractivity contribution in [3.8, 4) is 23.0 Å². The zero-order valence-electron chi connectivity index (χ0n) is 9.03. The van der Waals surface area contributed by atoms with Crippen molar-refractivity contribution in [2.45, 2.75) is 0 Å². The third-order valence-corrected chi connectivity index (χ3v) is 2.38. The molecular weight excluding hydrogens is 238 g/mol. The summed E-state index contributed by atoms with van der Waals surface area (Å²) < 4.78 is 0. The van der Waals surface area contributed by atoms with Gasteiger partial charge in [0.15, 0.2) is 11.5 Å². The van der Waals surface area contributed by atoms with Crippen molar-refractivity contribution in [2.24, 2.45) is 0 Å². The number of nitrogens with zero attached hydrogens (tertiary/aromatic N) is 1. The van der Waals surface area contributed by atoms with Crippen molar-refractivity contribution < 1.29 is 25.2 Å². The van der Waals surface area contributed by atoms with Gasteiger partial charge in [0, 0.05) is 12.3 Å². The Morgan fingerprint density at radius 1 is 0.889 bits per heavy atom. The van der Waals surface area contributed by atoms with E-state index in [1.807, 2.05) is 0 Å². The summed E-state index contributed by atoms with van der Waals surface area (Å²) in [5, 5.41) is 37.5. The van der Waals surface area contributed by atoms with Crippen LogP contribution in [0.3, 0.4) is 0 Å². The van der Waals surface area contributed by atoms with Gasteiger partial charge in [0.2, 0.25) is 5.78 Å². The maximum atomic E-state index is 12.0. The van der Waals surface area contributed by atoms with Crippen LogP contribution in [0.5, 0.6) is 23.0 Å². The summed E-state index contributed by atoms with van der Waals surface area (Å²) in [7, 11) is 0. The summed E-state index contributed by atoms with van der Waals surface area (Å²) >= 11 is 0. The van der Waals surface area contributed by atoms with Crippen molar-refractivity contribution >= 4 is 5.78 Å². The minimum Gasteiger partial charge on any atom is -0.507 e. The van der Waals surface area contributed by atoms with E-state index in [0.29, 0.717) is 0 Å². The van der Waals surface area contributed by atoms with Crippen LogP contribution in [-0.2, 0) is 0 Å². The number of hydrogen-bond donors (Lipinski definition) is 4. The van der Waals surface area contributed by atoms with E-state index in [2.05, 4.69) is 4.98 Å². The van der Waals surface area contributed by atoms with E-state index < -0.39 is 23.0 Å². The van der Waals surface area contributed by atoms with Crippen LogP contribution in [0.2, 0.25) is 0 Å². The minimum absolute atomic E-state index is 0.0645. The molecule has 1 heterocycles. The van der Waals surface area contributed by atoms with Crippen LogP contribution in [0.4, 0.5) is 0 Å². The Kier molecular flexibility index (Phi) is 2.77. The summed E-state index contributed by atoms with van der Waals surface area (Å²) in [6.45, 7) is 0. The molecule has 0 aliphatic rings. The number of benzene rings is 1. The van der Waals surface area contributed by atoms with Gasteiger partial charge in [-0.3, -0.25) is 9.78 Å². The van der Waals surface area contributed by atoms with Crippen LogP contribution in [0, 0.1) is 0 Å². The molecule has 0 spiro atoms. The number of phenols is 3. The van der Waals surface area contributed by atoms with Gasteiger partial charge in [-0.25, -0.2) is 0 Å². The molecule has 0 unspecified atom stereocenters. The Bertz CT molecular complexity index is 624. The van der Waals surface area contributed by atoms with E-state index in [0.717, 1.165) is 18.3 Å². The van der Waals surface area contributed by atoms with E-state index in [1.54, 1.807) is 0 Å². The molecule has 2 aromatic rings. The Morgan fingerprint density at radius 2 is 1.56 bits per heavy atom. The highest BCUT2D eigenvalue weighted by Crippen LogP contribution is 2.34. The first-order valence-corrected chi connectivity index (χ1v) is 4.93. The molecule has 1 aromatic heterocycles. The van der Waals surface area contributed by atoms with Crippen LogP contribution in [0.25, 0.3) is 0 Å². The zero-order valence-corrected chi connectivity index (χ0v) is 9.03. The van der Waals surface area contributed by atoms with Crippen LogP contribution in [0.15, 0.2) is 30.6 Å². The zero-order chi connectivity index (χ0) is 13.3. The molecular formula is C12H9NO5. The first-order valence-electron chi connectivity index (χ1n) is 4.93. The molecule has 1 aromatic carbocycles. The van der Waals surface area contributed by atoms with Crippen molar-refractivity contribution in [3.05, 3.63) is 41.7 Å². The number of rotatable bonds is 2. The third kappa shape index (κ3) is 1.91. The van der Waals surface area contributed by atoms with Gasteiger partial charge in [0.1, 0.15) is 11.5 Å². The van der Waals surface area contributed by atoms with Crippen molar-refractivity contribution in [3.63, 3.8) is 0 Å². The van der Waals surface area contributed by atoms with Gasteiger partial charge in [-0.2, -0.15) is 0 Å². The Hall–Kier alpha value is -2.76. The quantitative estimate of drug-likeness (QED) is 0.359. The Balaban J connectivity index is 2.53. The number of carbonyl (C=O) groups is 1. The molecule has 18 heavy (non-hydrogen) atoms. The molecule has 2 rings (SSSR count). The van der Waals surface area contributed by atoms with Gasteiger partial charge in [-0.1, -0.05) is 0 Å². The normalized spacial score (nSPS) is 10.2. The fraction of sp³-hybridized carbons (Fsp3) is 0. The summed E-state index contributed by atoms with van der Waals surface area (Å²) in [6, 6.07) is 3.05. The third-order valence-electron chi connectivity index (χ3n) is 2.38. The average Bonchev–Trinajstić information content (AvgIpc) is 2.33. The van der Waals surface area contributed by atoms with Crippen LogP contribution in [0.1, 0.15) is 15.9 Å². The maximum absolute atomic E-state index is 12.0. The molecule has 0 saturated carbocycles. The highest BCUT2D eigenvalue weighted by atomic mass is 16.3. The van der Waals surface area contributed by atoms with E-state index >= 15 is 0 Å². The number of aromatic hydroxyl groups is 4. The monoisotopic (exact) mass is 247 g/mol. The van der Waals surface area contributed by atoms with Gasteiger partial charge < -0.3 is 20.4 Å². The first kappa shape index (κ1) is 11.7. The Morgan fingerprint density at radius 3 is 2.22 bits per heavy atom. The molecule has 0 bridgehead atoms. The van der Waals surface area contributed by atoms with Gasteiger partial charge in [0.05, 0.1) is 17.3 Å². The summed E-state index contributed by atoms with van der Waals surface area (Å²) in [4.78, 5) is 15.6. The van der Waals surface area contributed by atoms with Gasteiger partial charge >= 0.3 is 0 Å². The highest BCUT2D eigenvalue weighted by molar-refractivity contribution is 6.12. The summed E-state index contributed by atoms with van der Waals surface area (Å²) in [6.07, 6.45) is 2.40. The molecule has 0 fully saturated rings. The van der Waals surface area contributed by atoms with Gasteiger partial charge in [-0.05, 0) is 12.1 Å². The fourth-order valence-corrected chi connectivity index (χ4v) is 1.47. The number of carbonyl (C=O) groups excluding carboxylic acids is 1. The number of pyridine rings is 1. The molecule has 92 valence electrons. The lowest BCUT2D eigenvalue weighted by atomic mass is 10.0. The average molecular weight is 247 g/mol. The second-order valence-corrected chi connectivity index (χ2v) is 3.58. The van der Waals surface area contributed by atoms with E-state index in [1.165, 1.54) is 12.3 Å². The van der Waals surface area contributed by atoms with Crippen LogP contribution >= 0.6 is 0 Å². The number of phenolic OH excluding ortho intramolecular Hbond substituents is 3. The minimum atomic E-state index is -0.692. The van der Waals surface area contributed by atoms with Crippen LogP contribution in [-0.4, -0.2) is 31.2 Å². The standard InChI is InChI=1S/C12H9NO5/c14-8-4-10(16)9(15)3-7(8)12(18)6-1-2-13-5-11(6)17/h1-5,14-17H. The van der Waals surface area contributed by atoms with Crippen LogP contribution < -0.4 is 0 Å². The lowest BCUT2D eigenvalue weighted by Gasteiger charge is -2.07. The lowest BCUT2D eigenvalue weighted by molar-refractivity contribution is 0.103. The Labute approximate surface area is 101 Å². The summed E-state index contributed by atoms with van der Waals surface area (Å²) in [5.74, 6) is -2.60. The van der Waals surface area contributed by atoms with Crippen molar-refractivity contribution in [1.29, 1.82) is 0 Å². The smallest absolute Gasteiger partial charge is 0.200 e. The topological polar surface area (TPSA) is 111 Å². The number of hydrogen-bond acceptors (Lipinski definition) is 6. The summed E-state index contributed by atoms with van der Waals surface area (Å²) in [5.41, 5.74) is -0.294. The van der Waals surface area contributed by atoms with Gasteiger partial charge in [-0.15, -0.1) is 0 Å². The van der Waals surface area contributed by atoms with Crippen molar-refractivity contribution in [2.75, 3.05) is 0 Å². The first-order chi connectivity index (χ1) is 8.50. The van der Waals surface area contributed by atoms with Gasteiger partial charge in [0.25, 0.3) is 0 Å². The molecule has 0 radical (unpaired) electrons. The molecule has 6 nitrogen and oxygen atoms in total. The SMILES string of the molecule is O=C(c1ccncc1O)c1cc(O)c(O)cc1O. The van der Waals surface area contributed by atoms with Crippen molar-refractivity contribution in [1.82, 2.24) is 4.98 Å². The highest BCUT2D eigenvalue weighted by Gasteiger charge is 2.19.